The molecule has 0 aliphatic carbocycles. The van der Waals surface area contributed by atoms with Gasteiger partial charge < -0.3 is 14.8 Å². The molecule has 21 heavy (non-hydrogen) atoms. The van der Waals surface area contributed by atoms with E-state index in [1.807, 2.05) is 6.92 Å². The van der Waals surface area contributed by atoms with E-state index in [0.717, 1.165) is 0 Å². The van der Waals surface area contributed by atoms with Crippen LogP contribution in [0.4, 0.5) is 4.79 Å². The van der Waals surface area contributed by atoms with Crippen LogP contribution in [0, 0.1) is 0 Å². The first-order chi connectivity index (χ1) is 9.97. The predicted molar refractivity (Wildman–Crippen MR) is 84.2 cm³/mol. The maximum Gasteiger partial charge on any atom is 0.326 e. The van der Waals surface area contributed by atoms with Gasteiger partial charge in [-0.05, 0) is 56.5 Å². The number of rotatable bonds is 4. The van der Waals surface area contributed by atoms with Gasteiger partial charge in [0.25, 0.3) is 5.91 Å². The molecule has 3 amide bonds. The van der Waals surface area contributed by atoms with Gasteiger partial charge in [-0.15, -0.1) is 0 Å². The van der Waals surface area contributed by atoms with Crippen molar-refractivity contribution in [1.29, 1.82) is 0 Å². The second-order valence-corrected chi connectivity index (χ2v) is 5.61. The number of methoxy groups -OCH3 is 1. The SMILES string of the molecule is CCOc1c(OC)cc(/C=C2/NC(=O)NC2=O)c(Br)c1Br. The summed E-state index contributed by atoms with van der Waals surface area (Å²) < 4.78 is 12.2. The minimum absolute atomic E-state index is 0.166. The molecule has 112 valence electrons. The van der Waals surface area contributed by atoms with Gasteiger partial charge in [-0.25, -0.2) is 4.79 Å². The molecule has 1 aliphatic rings. The average molecular weight is 420 g/mol. The zero-order chi connectivity index (χ0) is 15.6. The van der Waals surface area contributed by atoms with E-state index >= 15 is 0 Å². The van der Waals surface area contributed by atoms with E-state index in [2.05, 4.69) is 42.5 Å². The number of halogens is 2. The topological polar surface area (TPSA) is 76.7 Å². The molecule has 0 saturated carbocycles. The van der Waals surface area contributed by atoms with Crippen LogP contribution in [0.1, 0.15) is 12.5 Å². The molecule has 8 heteroatoms. The van der Waals surface area contributed by atoms with Gasteiger partial charge in [0.1, 0.15) is 5.70 Å². The second-order valence-electron chi connectivity index (χ2n) is 4.02. The fourth-order valence-corrected chi connectivity index (χ4v) is 2.73. The van der Waals surface area contributed by atoms with Crippen LogP contribution >= 0.6 is 31.9 Å². The zero-order valence-electron chi connectivity index (χ0n) is 11.3. The van der Waals surface area contributed by atoms with Gasteiger partial charge in [0.15, 0.2) is 11.5 Å². The highest BCUT2D eigenvalue weighted by Gasteiger charge is 2.24. The lowest BCUT2D eigenvalue weighted by Gasteiger charge is -2.14. The third-order valence-electron chi connectivity index (χ3n) is 2.68. The maximum atomic E-state index is 11.6. The molecule has 1 aromatic carbocycles. The Bertz CT molecular complexity index is 644. The summed E-state index contributed by atoms with van der Waals surface area (Å²) in [5.74, 6) is 0.605. The van der Waals surface area contributed by atoms with Crippen LogP contribution < -0.4 is 20.1 Å². The van der Waals surface area contributed by atoms with Crippen LogP contribution in [0.5, 0.6) is 11.5 Å². The van der Waals surface area contributed by atoms with Crippen LogP contribution in [0.15, 0.2) is 20.7 Å². The first-order valence-corrected chi connectivity index (χ1v) is 7.59. The number of hydrogen-bond donors (Lipinski definition) is 2. The van der Waals surface area contributed by atoms with E-state index in [9.17, 15) is 9.59 Å². The summed E-state index contributed by atoms with van der Waals surface area (Å²) >= 11 is 6.87. The first-order valence-electron chi connectivity index (χ1n) is 6.00. The molecule has 2 N–H and O–H groups in total. The number of carbonyl (C=O) groups excluding carboxylic acids is 2. The fraction of sp³-hybridized carbons (Fsp3) is 0.231. The lowest BCUT2D eigenvalue weighted by atomic mass is 10.1. The molecule has 0 spiro atoms. The first kappa shape index (κ1) is 15.8. The summed E-state index contributed by atoms with van der Waals surface area (Å²) in [5, 5.41) is 4.57. The van der Waals surface area contributed by atoms with E-state index < -0.39 is 11.9 Å². The quantitative estimate of drug-likeness (QED) is 0.581. The molecule has 0 unspecified atom stereocenters. The summed E-state index contributed by atoms with van der Waals surface area (Å²) in [7, 11) is 1.53. The number of hydrogen-bond acceptors (Lipinski definition) is 4. The number of imide groups is 1. The number of ether oxygens (including phenoxy) is 2. The van der Waals surface area contributed by atoms with Crippen molar-refractivity contribution in [3.8, 4) is 11.5 Å². The third kappa shape index (κ3) is 3.21. The molecule has 1 saturated heterocycles. The number of amides is 3. The van der Waals surface area contributed by atoms with Gasteiger partial charge in [0.2, 0.25) is 0 Å². The Balaban J connectivity index is 2.50. The van der Waals surface area contributed by atoms with E-state index in [0.29, 0.717) is 32.6 Å². The smallest absolute Gasteiger partial charge is 0.326 e. The molecule has 1 aromatic rings. The van der Waals surface area contributed by atoms with E-state index in [1.165, 1.54) is 7.11 Å². The largest absolute Gasteiger partial charge is 0.493 e. The zero-order valence-corrected chi connectivity index (χ0v) is 14.4. The van der Waals surface area contributed by atoms with Crippen molar-refractivity contribution < 1.29 is 19.1 Å². The van der Waals surface area contributed by atoms with E-state index in [4.69, 9.17) is 9.47 Å². The summed E-state index contributed by atoms with van der Waals surface area (Å²) in [6.07, 6.45) is 1.55. The summed E-state index contributed by atoms with van der Waals surface area (Å²) in [4.78, 5) is 22.7. The van der Waals surface area contributed by atoms with Gasteiger partial charge in [-0.1, -0.05) is 0 Å². The minimum atomic E-state index is -0.542. The Labute approximate surface area is 138 Å². The van der Waals surface area contributed by atoms with Crippen molar-refractivity contribution in [2.75, 3.05) is 13.7 Å². The number of urea groups is 1. The summed E-state index contributed by atoms with van der Waals surface area (Å²) in [5.41, 5.74) is 0.827. The van der Waals surface area contributed by atoms with Crippen LogP contribution in [0.25, 0.3) is 6.08 Å². The Morgan fingerprint density at radius 3 is 2.48 bits per heavy atom. The fourth-order valence-electron chi connectivity index (χ4n) is 1.78. The predicted octanol–water partition coefficient (Wildman–Crippen LogP) is 2.80. The standard InChI is InChI=1S/C13H12Br2N2O4/c1-3-21-11-8(20-2)5-6(9(14)10(11)15)4-7-12(18)17-13(19)16-7/h4-5H,3H2,1-2H3,(H2,16,17,18,19)/b7-4+. The van der Waals surface area contributed by atoms with Crippen LogP contribution in [0.3, 0.4) is 0 Å². The van der Waals surface area contributed by atoms with Gasteiger partial charge in [0, 0.05) is 4.47 Å². The van der Waals surface area contributed by atoms with Crippen LogP contribution in [0.2, 0.25) is 0 Å². The van der Waals surface area contributed by atoms with Crippen molar-refractivity contribution in [3.63, 3.8) is 0 Å². The number of benzene rings is 1. The van der Waals surface area contributed by atoms with Crippen molar-refractivity contribution in [2.45, 2.75) is 6.92 Å². The number of nitrogens with one attached hydrogen (secondary N) is 2. The molecule has 1 fully saturated rings. The summed E-state index contributed by atoms with van der Waals surface area (Å²) in [6, 6.07) is 1.17. The van der Waals surface area contributed by atoms with Crippen molar-refractivity contribution in [2.24, 2.45) is 0 Å². The average Bonchev–Trinajstić information content (AvgIpc) is 2.76. The van der Waals surface area contributed by atoms with E-state index in [1.54, 1.807) is 12.1 Å². The number of carbonyl (C=O) groups is 2. The summed E-state index contributed by atoms with van der Waals surface area (Å²) in [6.45, 7) is 2.36. The van der Waals surface area contributed by atoms with Crippen molar-refractivity contribution in [3.05, 3.63) is 26.3 Å². The normalized spacial score (nSPS) is 15.9. The molecule has 2 rings (SSSR count). The molecule has 0 radical (unpaired) electrons. The molecule has 1 aliphatic heterocycles. The highest BCUT2D eigenvalue weighted by atomic mass is 79.9. The lowest BCUT2D eigenvalue weighted by Crippen LogP contribution is -2.22. The molecular weight excluding hydrogens is 408 g/mol. The van der Waals surface area contributed by atoms with E-state index in [-0.39, 0.29) is 5.70 Å². The Morgan fingerprint density at radius 1 is 1.24 bits per heavy atom. The molecule has 0 atom stereocenters. The third-order valence-corrected chi connectivity index (χ3v) is 4.83. The molecule has 6 nitrogen and oxygen atoms in total. The molecule has 0 bridgehead atoms. The highest BCUT2D eigenvalue weighted by Crippen LogP contribution is 2.43. The minimum Gasteiger partial charge on any atom is -0.493 e. The van der Waals surface area contributed by atoms with Gasteiger partial charge in [0.05, 0.1) is 18.2 Å². The second kappa shape index (κ2) is 6.48. The molecule has 1 heterocycles. The van der Waals surface area contributed by atoms with Crippen molar-refractivity contribution >= 4 is 49.9 Å². The molecular formula is C13H12Br2N2O4. The monoisotopic (exact) mass is 418 g/mol. The molecule has 0 aromatic heterocycles. The van der Waals surface area contributed by atoms with Gasteiger partial charge in [-0.3, -0.25) is 10.1 Å². The van der Waals surface area contributed by atoms with Crippen LogP contribution in [-0.4, -0.2) is 25.7 Å². The Hall–Kier alpha value is -1.54. The highest BCUT2D eigenvalue weighted by molar-refractivity contribution is 9.13. The Kier molecular flexibility index (Phi) is 4.89. The van der Waals surface area contributed by atoms with Gasteiger partial charge in [-0.2, -0.15) is 0 Å². The lowest BCUT2D eigenvalue weighted by molar-refractivity contribution is -0.115. The van der Waals surface area contributed by atoms with Gasteiger partial charge >= 0.3 is 6.03 Å². The Morgan fingerprint density at radius 2 is 1.95 bits per heavy atom. The van der Waals surface area contributed by atoms with Crippen LogP contribution in [-0.2, 0) is 4.79 Å². The maximum absolute atomic E-state index is 11.6. The van der Waals surface area contributed by atoms with Crippen molar-refractivity contribution in [1.82, 2.24) is 10.6 Å².